The average Bonchev–Trinajstić information content (AvgIpc) is 2.64. The molecule has 0 unspecified atom stereocenters. The van der Waals surface area contributed by atoms with Crippen LogP contribution >= 0.6 is 0 Å². The maximum atomic E-state index is 13.2. The number of halogens is 3. The second-order valence-corrected chi connectivity index (χ2v) is 6.31. The number of carbonyl (C=O) groups excluding carboxylic acids is 1. The van der Waals surface area contributed by atoms with Crippen LogP contribution in [0.5, 0.6) is 5.75 Å². The number of hydrogen-bond donors (Lipinski definition) is 0. The van der Waals surface area contributed by atoms with Gasteiger partial charge in [0.1, 0.15) is 0 Å². The van der Waals surface area contributed by atoms with Crippen molar-refractivity contribution in [3.05, 3.63) is 29.3 Å². The summed E-state index contributed by atoms with van der Waals surface area (Å²) in [5.41, 5.74) is -0.376. The summed E-state index contributed by atoms with van der Waals surface area (Å²) in [5.74, 6) is -0.132. The van der Waals surface area contributed by atoms with E-state index in [0.29, 0.717) is 38.3 Å². The number of carbonyl (C=O) groups is 1. The van der Waals surface area contributed by atoms with E-state index in [1.165, 1.54) is 11.0 Å². The van der Waals surface area contributed by atoms with Crippen LogP contribution in [0.3, 0.4) is 0 Å². The third-order valence-corrected chi connectivity index (χ3v) is 4.42. The van der Waals surface area contributed by atoms with Gasteiger partial charge in [0.05, 0.1) is 5.56 Å². The fourth-order valence-electron chi connectivity index (χ4n) is 2.88. The lowest BCUT2D eigenvalue weighted by Gasteiger charge is -2.25. The van der Waals surface area contributed by atoms with Gasteiger partial charge in [-0.1, -0.05) is 13.8 Å². The van der Waals surface area contributed by atoms with E-state index in [1.54, 1.807) is 0 Å². The van der Waals surface area contributed by atoms with E-state index in [-0.39, 0.29) is 5.75 Å². The Morgan fingerprint density at radius 1 is 1.12 bits per heavy atom. The first-order valence-electron chi connectivity index (χ1n) is 8.90. The molecule has 1 heterocycles. The third kappa shape index (κ3) is 5.79. The summed E-state index contributed by atoms with van der Waals surface area (Å²) < 4.78 is 39.5. The number of piperidine rings is 1. The number of rotatable bonds is 6. The summed E-state index contributed by atoms with van der Waals surface area (Å²) in [7, 11) is 0. The van der Waals surface area contributed by atoms with Crippen LogP contribution in [0.1, 0.15) is 44.2 Å². The van der Waals surface area contributed by atoms with Gasteiger partial charge in [0.2, 0.25) is 0 Å². The smallest absolute Gasteiger partial charge is 0.305 e. The van der Waals surface area contributed by atoms with Crippen LogP contribution in [-0.2, 0) is 17.6 Å². The van der Waals surface area contributed by atoms with Crippen LogP contribution in [0.15, 0.2) is 18.2 Å². The van der Waals surface area contributed by atoms with Crippen LogP contribution in [0.2, 0.25) is 0 Å². The summed E-state index contributed by atoms with van der Waals surface area (Å²) in [5, 5.41) is 0. The molecule has 0 saturated carbocycles. The lowest BCUT2D eigenvalue weighted by atomic mass is 10.1. The molecular formula is C18H25F3N2O3. The number of amides is 1. The molecule has 0 bridgehead atoms. The Morgan fingerprint density at radius 3 is 2.35 bits per heavy atom. The molecule has 26 heavy (non-hydrogen) atoms. The highest BCUT2D eigenvalue weighted by Gasteiger charge is 2.32. The van der Waals surface area contributed by atoms with E-state index in [0.717, 1.165) is 31.4 Å². The van der Waals surface area contributed by atoms with Gasteiger partial charge >= 0.3 is 12.3 Å². The molecule has 5 nitrogen and oxygen atoms in total. The van der Waals surface area contributed by atoms with Crippen molar-refractivity contribution in [2.75, 3.05) is 26.2 Å². The molecule has 1 aromatic carbocycles. The molecule has 1 aliphatic heterocycles. The van der Waals surface area contributed by atoms with Crippen molar-refractivity contribution in [2.45, 2.75) is 45.8 Å². The van der Waals surface area contributed by atoms with Crippen LogP contribution in [-0.4, -0.2) is 42.1 Å². The summed E-state index contributed by atoms with van der Waals surface area (Å²) in [6.07, 6.45) is -2.37. The van der Waals surface area contributed by atoms with Gasteiger partial charge in [0.25, 0.3) is 0 Å². The van der Waals surface area contributed by atoms with Crippen molar-refractivity contribution in [2.24, 2.45) is 0 Å². The fourth-order valence-corrected chi connectivity index (χ4v) is 2.88. The standard InChI is InChI=1S/C18H25F3N2O3/c1-3-22(4-2)13-14-10-15(18(19,20)21)12-16(11-14)25-26-17(24)23-8-6-5-7-9-23/h10-12H,3-9,13H2,1-2H3. The van der Waals surface area contributed by atoms with Gasteiger partial charge in [-0.3, -0.25) is 9.79 Å². The Kier molecular flexibility index (Phi) is 7.14. The van der Waals surface area contributed by atoms with Crippen molar-refractivity contribution >= 4 is 6.09 Å². The SMILES string of the molecule is CCN(CC)Cc1cc(OOC(=O)N2CCCCC2)cc(C(F)(F)F)c1. The van der Waals surface area contributed by atoms with E-state index in [2.05, 4.69) is 0 Å². The average molecular weight is 374 g/mol. The van der Waals surface area contributed by atoms with Gasteiger partial charge in [-0.2, -0.15) is 13.2 Å². The first-order chi connectivity index (χ1) is 12.3. The Labute approximate surface area is 151 Å². The van der Waals surface area contributed by atoms with Crippen LogP contribution < -0.4 is 4.89 Å². The van der Waals surface area contributed by atoms with E-state index in [1.807, 2.05) is 18.7 Å². The van der Waals surface area contributed by atoms with Crippen LogP contribution in [0, 0.1) is 0 Å². The molecule has 0 spiro atoms. The molecule has 1 aromatic rings. The molecular weight excluding hydrogens is 349 g/mol. The Hall–Kier alpha value is -1.96. The first-order valence-corrected chi connectivity index (χ1v) is 8.90. The maximum Gasteiger partial charge on any atom is 0.452 e. The quantitative estimate of drug-likeness (QED) is 0.544. The van der Waals surface area contributed by atoms with Gasteiger partial charge in [0.15, 0.2) is 5.75 Å². The first kappa shape index (κ1) is 20.4. The number of benzene rings is 1. The molecule has 1 aliphatic rings. The lowest BCUT2D eigenvalue weighted by molar-refractivity contribution is -0.156. The molecule has 0 N–H and O–H groups in total. The molecule has 0 radical (unpaired) electrons. The second kappa shape index (κ2) is 9.12. The third-order valence-electron chi connectivity index (χ3n) is 4.42. The highest BCUT2D eigenvalue weighted by atomic mass is 19.4. The molecule has 0 aliphatic carbocycles. The van der Waals surface area contributed by atoms with Crippen molar-refractivity contribution in [3.8, 4) is 5.75 Å². The summed E-state index contributed by atoms with van der Waals surface area (Å²) in [6.45, 7) is 6.80. The van der Waals surface area contributed by atoms with E-state index in [9.17, 15) is 18.0 Å². The Balaban J connectivity index is 2.11. The fraction of sp³-hybridized carbons (Fsp3) is 0.611. The molecule has 1 saturated heterocycles. The maximum absolute atomic E-state index is 13.2. The largest absolute Gasteiger partial charge is 0.452 e. The molecule has 8 heteroatoms. The van der Waals surface area contributed by atoms with Gasteiger partial charge in [-0.15, -0.1) is 0 Å². The Bertz CT molecular complexity index is 598. The van der Waals surface area contributed by atoms with Gasteiger partial charge in [-0.25, -0.2) is 9.68 Å². The van der Waals surface area contributed by atoms with Crippen LogP contribution in [0.25, 0.3) is 0 Å². The number of hydrogen-bond acceptors (Lipinski definition) is 4. The summed E-state index contributed by atoms with van der Waals surface area (Å²) >= 11 is 0. The molecule has 0 aromatic heterocycles. The zero-order valence-corrected chi connectivity index (χ0v) is 15.1. The van der Waals surface area contributed by atoms with Gasteiger partial charge in [0, 0.05) is 19.6 Å². The van der Waals surface area contributed by atoms with Crippen molar-refractivity contribution in [1.82, 2.24) is 9.80 Å². The van der Waals surface area contributed by atoms with Crippen molar-refractivity contribution in [1.29, 1.82) is 0 Å². The molecule has 0 atom stereocenters. The second-order valence-electron chi connectivity index (χ2n) is 6.31. The zero-order chi connectivity index (χ0) is 19.2. The predicted molar refractivity (Wildman–Crippen MR) is 90.6 cm³/mol. The lowest BCUT2D eigenvalue weighted by Crippen LogP contribution is -2.36. The number of nitrogens with zero attached hydrogens (tertiary/aromatic N) is 2. The Morgan fingerprint density at radius 2 is 1.77 bits per heavy atom. The summed E-state index contributed by atoms with van der Waals surface area (Å²) in [4.78, 5) is 25.1. The van der Waals surface area contributed by atoms with Crippen molar-refractivity contribution in [3.63, 3.8) is 0 Å². The molecule has 2 rings (SSSR count). The number of alkyl halides is 3. The predicted octanol–water partition coefficient (Wildman–Crippen LogP) is 4.46. The minimum absolute atomic E-state index is 0.132. The highest BCUT2D eigenvalue weighted by molar-refractivity contribution is 5.67. The van der Waals surface area contributed by atoms with Gasteiger partial charge < -0.3 is 4.90 Å². The zero-order valence-electron chi connectivity index (χ0n) is 15.1. The van der Waals surface area contributed by atoms with E-state index >= 15 is 0 Å². The van der Waals surface area contributed by atoms with E-state index < -0.39 is 17.8 Å². The van der Waals surface area contributed by atoms with Gasteiger partial charge in [-0.05, 0) is 56.1 Å². The normalized spacial score (nSPS) is 15.2. The monoisotopic (exact) mass is 374 g/mol. The highest BCUT2D eigenvalue weighted by Crippen LogP contribution is 2.33. The van der Waals surface area contributed by atoms with Crippen LogP contribution in [0.4, 0.5) is 18.0 Å². The molecule has 1 fully saturated rings. The number of likely N-dealkylation sites (tertiary alicyclic amines) is 1. The molecule has 146 valence electrons. The topological polar surface area (TPSA) is 42.0 Å². The van der Waals surface area contributed by atoms with E-state index in [4.69, 9.17) is 9.78 Å². The summed E-state index contributed by atoms with van der Waals surface area (Å²) in [6, 6.07) is 3.41. The minimum Gasteiger partial charge on any atom is -0.305 e. The minimum atomic E-state index is -4.51. The van der Waals surface area contributed by atoms with Crippen molar-refractivity contribution < 1.29 is 27.7 Å². The molecule has 1 amide bonds.